The largest absolute Gasteiger partial charge is 0.394 e. The second kappa shape index (κ2) is 7.19. The summed E-state index contributed by atoms with van der Waals surface area (Å²) in [7, 11) is 0. The molecule has 0 spiro atoms. The van der Waals surface area contributed by atoms with Crippen LogP contribution in [0.3, 0.4) is 0 Å². The third-order valence-corrected chi connectivity index (χ3v) is 1.48. The van der Waals surface area contributed by atoms with Crippen molar-refractivity contribution in [3.8, 4) is 0 Å². The van der Waals surface area contributed by atoms with Gasteiger partial charge in [-0.05, 0) is 0 Å². The van der Waals surface area contributed by atoms with Crippen molar-refractivity contribution in [1.29, 1.82) is 0 Å². The SMILES string of the molecule is Cl.[15NH2][C@@H](C=O)[C@@H](O)[C@H](O)[C@H](O)CO. The fraction of sp³-hybridized carbons (Fsp3) is 0.833. The summed E-state index contributed by atoms with van der Waals surface area (Å²) in [5, 5.41) is 35.2. The predicted octanol–water partition coefficient (Wildman–Crippen LogP) is -2.99. The molecule has 0 bridgehead atoms. The maximum absolute atomic E-state index is 10.0. The molecule has 0 rings (SSSR count). The maximum Gasteiger partial charge on any atom is 0.139 e. The molecule has 0 heterocycles. The van der Waals surface area contributed by atoms with Crippen LogP contribution in [0, 0.1) is 0 Å². The van der Waals surface area contributed by atoms with E-state index in [4.69, 9.17) is 26.2 Å². The molecule has 0 unspecified atom stereocenters. The van der Waals surface area contributed by atoms with Crippen molar-refractivity contribution < 1.29 is 25.2 Å². The highest BCUT2D eigenvalue weighted by atomic mass is 35.5. The smallest absolute Gasteiger partial charge is 0.139 e. The Morgan fingerprint density at radius 1 is 1.23 bits per heavy atom. The quantitative estimate of drug-likeness (QED) is 0.247. The molecule has 0 radical (unpaired) electrons. The van der Waals surface area contributed by atoms with Crippen LogP contribution >= 0.6 is 12.4 Å². The monoisotopic (exact) mass is 216 g/mol. The maximum atomic E-state index is 10.0. The average Bonchev–Trinajstić information content (AvgIpc) is 2.12. The summed E-state index contributed by atoms with van der Waals surface area (Å²) < 4.78 is 0. The zero-order chi connectivity index (χ0) is 9.72. The van der Waals surface area contributed by atoms with Crippen molar-refractivity contribution in [1.82, 2.24) is 0 Å². The average molecular weight is 217 g/mol. The molecule has 0 aliphatic rings. The molecule has 0 aromatic carbocycles. The Labute approximate surface area is 81.4 Å². The molecule has 13 heavy (non-hydrogen) atoms. The molecule has 0 aliphatic heterocycles. The highest BCUT2D eigenvalue weighted by Crippen LogP contribution is 2.01. The lowest BCUT2D eigenvalue weighted by atomic mass is 10.0. The van der Waals surface area contributed by atoms with Crippen LogP contribution in [0.5, 0.6) is 0 Å². The Hall–Kier alpha value is -0.240. The molecule has 0 aromatic heterocycles. The third-order valence-electron chi connectivity index (χ3n) is 1.48. The van der Waals surface area contributed by atoms with E-state index in [9.17, 15) is 4.79 Å². The van der Waals surface area contributed by atoms with Gasteiger partial charge in [-0.25, -0.2) is 0 Å². The van der Waals surface area contributed by atoms with E-state index in [1.807, 2.05) is 0 Å². The molecule has 0 aromatic rings. The highest BCUT2D eigenvalue weighted by Gasteiger charge is 2.28. The molecule has 0 fully saturated rings. The van der Waals surface area contributed by atoms with Crippen LogP contribution in [-0.2, 0) is 4.79 Å². The number of hydrogen-bond acceptors (Lipinski definition) is 6. The summed E-state index contributed by atoms with van der Waals surface area (Å²) in [6.45, 7) is -0.705. The number of hydrogen-bond donors (Lipinski definition) is 5. The fourth-order valence-electron chi connectivity index (χ4n) is 0.644. The van der Waals surface area contributed by atoms with E-state index in [2.05, 4.69) is 0 Å². The minimum absolute atomic E-state index is 0. The first-order valence-corrected chi connectivity index (χ1v) is 3.40. The van der Waals surface area contributed by atoms with Crippen molar-refractivity contribution in [2.45, 2.75) is 24.4 Å². The third kappa shape index (κ3) is 4.51. The lowest BCUT2D eigenvalue weighted by Crippen LogP contribution is -2.49. The van der Waals surface area contributed by atoms with E-state index in [0.717, 1.165) is 0 Å². The Morgan fingerprint density at radius 2 is 1.69 bits per heavy atom. The summed E-state index contributed by atoms with van der Waals surface area (Å²) in [6, 6.07) is -1.26. The number of aliphatic hydroxyl groups excluding tert-OH is 4. The molecule has 0 saturated heterocycles. The van der Waals surface area contributed by atoms with Crippen LogP contribution in [-0.4, -0.2) is 57.7 Å². The van der Waals surface area contributed by atoms with E-state index in [-0.39, 0.29) is 18.7 Å². The first-order chi connectivity index (χ1) is 5.54. The number of rotatable bonds is 5. The summed E-state index contributed by atoms with van der Waals surface area (Å²) in [5.74, 6) is 0. The molecule has 6 nitrogen and oxygen atoms in total. The van der Waals surface area contributed by atoms with Crippen LogP contribution in [0.2, 0.25) is 0 Å². The summed E-state index contributed by atoms with van der Waals surface area (Å²) in [4.78, 5) is 10.0. The minimum atomic E-state index is -1.62. The number of carbonyl (C=O) groups excluding carboxylic acids is 1. The molecule has 0 amide bonds. The van der Waals surface area contributed by atoms with Gasteiger partial charge in [-0.1, -0.05) is 0 Å². The molecule has 4 atom stereocenters. The van der Waals surface area contributed by atoms with E-state index >= 15 is 0 Å². The van der Waals surface area contributed by atoms with Gasteiger partial charge in [0.1, 0.15) is 24.6 Å². The topological polar surface area (TPSA) is 124 Å². The van der Waals surface area contributed by atoms with Gasteiger partial charge in [-0.15, -0.1) is 12.4 Å². The second-order valence-electron chi connectivity index (χ2n) is 2.44. The Morgan fingerprint density at radius 3 is 2.00 bits per heavy atom. The van der Waals surface area contributed by atoms with Gasteiger partial charge in [-0.3, -0.25) is 0 Å². The fourth-order valence-corrected chi connectivity index (χ4v) is 0.644. The van der Waals surface area contributed by atoms with Crippen molar-refractivity contribution in [2.24, 2.45) is 5.73 Å². The molecular formula is C6H14ClNO5. The molecule has 80 valence electrons. The Bertz CT molecular complexity index is 147. The van der Waals surface area contributed by atoms with E-state index in [1.165, 1.54) is 0 Å². The van der Waals surface area contributed by atoms with Crippen LogP contribution < -0.4 is 5.73 Å². The summed E-state index contributed by atoms with van der Waals surface area (Å²) in [5.41, 5.74) is 5.04. The van der Waals surface area contributed by atoms with Gasteiger partial charge in [0.2, 0.25) is 0 Å². The van der Waals surface area contributed by atoms with Crippen molar-refractivity contribution in [3.63, 3.8) is 0 Å². The van der Waals surface area contributed by atoms with Gasteiger partial charge < -0.3 is 31.0 Å². The normalized spacial score (nSPS) is 19.5. The second-order valence-corrected chi connectivity index (χ2v) is 2.44. The number of halogens is 1. The summed E-state index contributed by atoms with van der Waals surface area (Å²) >= 11 is 0. The lowest BCUT2D eigenvalue weighted by Gasteiger charge is -2.23. The predicted molar refractivity (Wildman–Crippen MR) is 46.4 cm³/mol. The van der Waals surface area contributed by atoms with Gasteiger partial charge in [0.25, 0.3) is 0 Å². The first kappa shape index (κ1) is 15.2. The number of carbonyl (C=O) groups is 1. The number of aldehydes is 1. The molecular weight excluding hydrogens is 203 g/mol. The zero-order valence-electron chi connectivity index (χ0n) is 6.78. The van der Waals surface area contributed by atoms with Crippen molar-refractivity contribution in [3.05, 3.63) is 0 Å². The van der Waals surface area contributed by atoms with E-state index in [1.54, 1.807) is 0 Å². The molecule has 0 saturated carbocycles. The Kier molecular flexibility index (Phi) is 8.43. The molecule has 7 heteroatoms. The Balaban J connectivity index is 0. The first-order valence-electron chi connectivity index (χ1n) is 3.40. The van der Waals surface area contributed by atoms with E-state index < -0.39 is 31.0 Å². The van der Waals surface area contributed by atoms with Gasteiger partial charge in [0.15, 0.2) is 0 Å². The van der Waals surface area contributed by atoms with Crippen LogP contribution in [0.15, 0.2) is 0 Å². The lowest BCUT2D eigenvalue weighted by molar-refractivity contribution is -0.118. The zero-order valence-corrected chi connectivity index (χ0v) is 7.59. The van der Waals surface area contributed by atoms with Gasteiger partial charge in [-0.2, -0.15) is 0 Å². The minimum Gasteiger partial charge on any atom is -0.394 e. The highest BCUT2D eigenvalue weighted by molar-refractivity contribution is 5.85. The van der Waals surface area contributed by atoms with Gasteiger partial charge >= 0.3 is 0 Å². The van der Waals surface area contributed by atoms with Crippen molar-refractivity contribution >= 4 is 18.7 Å². The van der Waals surface area contributed by atoms with Gasteiger partial charge in [0, 0.05) is 0 Å². The van der Waals surface area contributed by atoms with Gasteiger partial charge in [0.05, 0.1) is 12.6 Å². The van der Waals surface area contributed by atoms with Crippen LogP contribution in [0.1, 0.15) is 0 Å². The van der Waals surface area contributed by atoms with E-state index in [0.29, 0.717) is 0 Å². The van der Waals surface area contributed by atoms with Crippen molar-refractivity contribution in [2.75, 3.05) is 6.61 Å². The molecule has 0 aliphatic carbocycles. The number of nitrogens with two attached hydrogens (primary N) is 1. The molecule has 6 N–H and O–H groups in total. The van der Waals surface area contributed by atoms with Crippen LogP contribution in [0.4, 0.5) is 0 Å². The van der Waals surface area contributed by atoms with Crippen LogP contribution in [0.25, 0.3) is 0 Å². The standard InChI is InChI=1S/C6H13NO5.ClH/c7-3(1-8)5(11)6(12)4(10)2-9;/h1,3-6,9-12H,2,7H2;1H/t3-,4+,5+,6+;/m0./s1/i7+1;. The number of aliphatic hydroxyl groups is 4. The summed E-state index contributed by atoms with van der Waals surface area (Å²) in [6.07, 6.45) is -4.43.